The molecule has 1 aliphatic heterocycles. The maximum atomic E-state index is 13.4. The maximum absolute atomic E-state index is 13.4. The Bertz CT molecular complexity index is 1030. The second-order valence-corrected chi connectivity index (χ2v) is 9.76. The lowest BCUT2D eigenvalue weighted by atomic mass is 10.0. The summed E-state index contributed by atoms with van der Waals surface area (Å²) in [6, 6.07) is 15.7. The van der Waals surface area contributed by atoms with Gasteiger partial charge in [-0.05, 0) is 51.0 Å². The first-order chi connectivity index (χ1) is 16.0. The van der Waals surface area contributed by atoms with Crippen LogP contribution < -0.4 is 20.4 Å². The van der Waals surface area contributed by atoms with Gasteiger partial charge in [0, 0.05) is 12.7 Å². The number of hydrogen-bond donors (Lipinski definition) is 2. The molecule has 1 heterocycles. The lowest BCUT2D eigenvalue weighted by molar-refractivity contribution is -0.129. The van der Waals surface area contributed by atoms with Gasteiger partial charge in [0.1, 0.15) is 17.7 Å². The maximum Gasteiger partial charge on any atom is 0.408 e. The van der Waals surface area contributed by atoms with Crippen LogP contribution in [-0.2, 0) is 14.3 Å². The molecule has 2 N–H and O–H groups in total. The molecule has 3 rings (SSSR count). The molecule has 1 unspecified atom stereocenters. The fraction of sp³-hybridized carbons (Fsp3) is 0.423. The van der Waals surface area contributed by atoms with Crippen LogP contribution in [0.2, 0.25) is 0 Å². The molecule has 2 atom stereocenters. The standard InChI is InChI=1S/C26H34N4O4/c1-17(2)22(28-25(33)34-26(3,4)5)23(31)27-19-16-30(18-12-8-7-9-13-18)21-15-11-10-14-20(21)29(6)24(19)32/h7-15,17,19,22H,16H2,1-6H3,(H,27,31)(H,28,33)/t19?,22-/m0/s1. The minimum Gasteiger partial charge on any atom is -0.444 e. The molecule has 182 valence electrons. The predicted molar refractivity (Wildman–Crippen MR) is 133 cm³/mol. The van der Waals surface area contributed by atoms with Crippen LogP contribution in [0.4, 0.5) is 21.9 Å². The predicted octanol–water partition coefficient (Wildman–Crippen LogP) is 3.84. The molecule has 2 aromatic rings. The Balaban J connectivity index is 1.87. The molecule has 0 aliphatic carbocycles. The van der Waals surface area contributed by atoms with Crippen LogP contribution in [0, 0.1) is 5.92 Å². The number of alkyl carbamates (subject to hydrolysis) is 1. The van der Waals surface area contributed by atoms with Gasteiger partial charge in [0.2, 0.25) is 5.91 Å². The number of carbonyl (C=O) groups is 3. The van der Waals surface area contributed by atoms with E-state index in [1.165, 1.54) is 0 Å². The summed E-state index contributed by atoms with van der Waals surface area (Å²) >= 11 is 0. The van der Waals surface area contributed by atoms with Crippen molar-refractivity contribution in [1.82, 2.24) is 10.6 Å². The topological polar surface area (TPSA) is 91.0 Å². The van der Waals surface area contributed by atoms with E-state index in [0.29, 0.717) is 0 Å². The van der Waals surface area contributed by atoms with Crippen molar-refractivity contribution < 1.29 is 19.1 Å². The zero-order chi connectivity index (χ0) is 25.0. The summed E-state index contributed by atoms with van der Waals surface area (Å²) in [5.41, 5.74) is 1.84. The number of nitrogens with zero attached hydrogens (tertiary/aromatic N) is 2. The van der Waals surface area contributed by atoms with Gasteiger partial charge in [0.25, 0.3) is 5.91 Å². The van der Waals surface area contributed by atoms with Gasteiger partial charge >= 0.3 is 6.09 Å². The molecule has 34 heavy (non-hydrogen) atoms. The quantitative estimate of drug-likeness (QED) is 0.699. The highest BCUT2D eigenvalue weighted by atomic mass is 16.6. The van der Waals surface area contributed by atoms with Gasteiger partial charge in [-0.1, -0.05) is 44.2 Å². The number of para-hydroxylation sites is 3. The first kappa shape index (κ1) is 25.1. The Hall–Kier alpha value is -3.55. The van der Waals surface area contributed by atoms with Crippen molar-refractivity contribution in [3.8, 4) is 0 Å². The minimum atomic E-state index is -0.858. The normalized spacial score (nSPS) is 17.0. The number of amides is 3. The molecule has 3 amide bonds. The van der Waals surface area contributed by atoms with E-state index in [0.717, 1.165) is 17.1 Å². The molecule has 2 aromatic carbocycles. The Morgan fingerprint density at radius 2 is 1.59 bits per heavy atom. The molecular weight excluding hydrogens is 432 g/mol. The number of carbonyl (C=O) groups excluding carboxylic acids is 3. The summed E-state index contributed by atoms with van der Waals surface area (Å²) in [4.78, 5) is 42.6. The van der Waals surface area contributed by atoms with Crippen LogP contribution in [0.15, 0.2) is 54.6 Å². The minimum absolute atomic E-state index is 0.214. The van der Waals surface area contributed by atoms with Crippen LogP contribution in [0.25, 0.3) is 0 Å². The molecule has 0 saturated heterocycles. The number of rotatable bonds is 5. The van der Waals surface area contributed by atoms with E-state index < -0.39 is 29.7 Å². The molecule has 0 aromatic heterocycles. The summed E-state index contributed by atoms with van der Waals surface area (Å²) in [6.07, 6.45) is -0.677. The molecule has 0 spiro atoms. The smallest absolute Gasteiger partial charge is 0.408 e. The number of anilines is 3. The van der Waals surface area contributed by atoms with Gasteiger partial charge < -0.3 is 25.2 Å². The Kier molecular flexibility index (Phi) is 7.49. The molecule has 8 nitrogen and oxygen atoms in total. The van der Waals surface area contributed by atoms with Gasteiger partial charge in [-0.15, -0.1) is 0 Å². The number of fused-ring (bicyclic) bond motifs is 1. The van der Waals surface area contributed by atoms with Crippen LogP contribution in [0.3, 0.4) is 0 Å². The fourth-order valence-corrected chi connectivity index (χ4v) is 3.88. The molecule has 0 bridgehead atoms. The van der Waals surface area contributed by atoms with Gasteiger partial charge in [0.15, 0.2) is 0 Å². The largest absolute Gasteiger partial charge is 0.444 e. The highest BCUT2D eigenvalue weighted by Crippen LogP contribution is 2.36. The van der Waals surface area contributed by atoms with Gasteiger partial charge in [-0.3, -0.25) is 9.59 Å². The van der Waals surface area contributed by atoms with Crippen LogP contribution >= 0.6 is 0 Å². The number of hydrogen-bond acceptors (Lipinski definition) is 5. The van der Waals surface area contributed by atoms with E-state index in [9.17, 15) is 14.4 Å². The molecule has 8 heteroatoms. The zero-order valence-electron chi connectivity index (χ0n) is 20.7. The van der Waals surface area contributed by atoms with Crippen molar-refractivity contribution in [2.45, 2.75) is 52.3 Å². The summed E-state index contributed by atoms with van der Waals surface area (Å²) in [7, 11) is 1.70. The van der Waals surface area contributed by atoms with E-state index in [1.54, 1.807) is 32.7 Å². The highest BCUT2D eigenvalue weighted by Gasteiger charge is 2.36. The van der Waals surface area contributed by atoms with E-state index in [-0.39, 0.29) is 18.4 Å². The molecular formula is C26H34N4O4. The Labute approximate surface area is 201 Å². The third kappa shape index (κ3) is 5.87. The highest BCUT2D eigenvalue weighted by molar-refractivity contribution is 6.04. The molecule has 0 saturated carbocycles. The molecule has 0 radical (unpaired) electrons. The second-order valence-electron chi connectivity index (χ2n) is 9.76. The Morgan fingerprint density at radius 3 is 2.18 bits per heavy atom. The zero-order valence-corrected chi connectivity index (χ0v) is 20.7. The average Bonchev–Trinajstić information content (AvgIpc) is 2.87. The van der Waals surface area contributed by atoms with Crippen molar-refractivity contribution >= 4 is 35.0 Å². The van der Waals surface area contributed by atoms with Gasteiger partial charge in [-0.2, -0.15) is 0 Å². The number of nitrogens with one attached hydrogen (secondary N) is 2. The van der Waals surface area contributed by atoms with E-state index in [2.05, 4.69) is 10.6 Å². The van der Waals surface area contributed by atoms with Crippen molar-refractivity contribution in [2.75, 3.05) is 23.4 Å². The summed E-state index contributed by atoms with van der Waals surface area (Å²) in [5.74, 6) is -0.890. The summed E-state index contributed by atoms with van der Waals surface area (Å²) < 4.78 is 5.32. The first-order valence-corrected chi connectivity index (χ1v) is 11.5. The van der Waals surface area contributed by atoms with Crippen molar-refractivity contribution in [2.24, 2.45) is 5.92 Å². The van der Waals surface area contributed by atoms with Crippen LogP contribution in [0.1, 0.15) is 34.6 Å². The summed E-state index contributed by atoms with van der Waals surface area (Å²) in [5, 5.41) is 5.53. The van der Waals surface area contributed by atoms with Crippen molar-refractivity contribution in [3.05, 3.63) is 54.6 Å². The SMILES string of the molecule is CC(C)[C@H](NC(=O)OC(C)(C)C)C(=O)NC1CN(c2ccccc2)c2ccccc2N(C)C1=O. The first-order valence-electron chi connectivity index (χ1n) is 11.5. The average molecular weight is 467 g/mol. The third-order valence-electron chi connectivity index (χ3n) is 5.53. The van der Waals surface area contributed by atoms with Crippen molar-refractivity contribution in [1.29, 1.82) is 0 Å². The van der Waals surface area contributed by atoms with E-state index in [4.69, 9.17) is 4.74 Å². The van der Waals surface area contributed by atoms with Crippen LogP contribution in [0.5, 0.6) is 0 Å². The molecule has 0 fully saturated rings. The number of benzene rings is 2. The van der Waals surface area contributed by atoms with E-state index >= 15 is 0 Å². The fourth-order valence-electron chi connectivity index (χ4n) is 3.88. The number of likely N-dealkylation sites (N-methyl/N-ethyl adjacent to an activating group) is 1. The second kappa shape index (κ2) is 10.2. The van der Waals surface area contributed by atoms with Gasteiger partial charge in [0.05, 0.1) is 17.9 Å². The lowest BCUT2D eigenvalue weighted by Crippen LogP contribution is -2.57. The monoisotopic (exact) mass is 466 g/mol. The van der Waals surface area contributed by atoms with Gasteiger partial charge in [-0.25, -0.2) is 4.79 Å². The van der Waals surface area contributed by atoms with Crippen LogP contribution in [-0.4, -0.2) is 49.2 Å². The van der Waals surface area contributed by atoms with E-state index in [1.807, 2.05) is 73.3 Å². The third-order valence-corrected chi connectivity index (χ3v) is 5.53. The van der Waals surface area contributed by atoms with Crippen molar-refractivity contribution in [3.63, 3.8) is 0 Å². The molecule has 1 aliphatic rings. The lowest BCUT2D eigenvalue weighted by Gasteiger charge is -2.29. The summed E-state index contributed by atoms with van der Waals surface area (Å²) in [6.45, 7) is 9.17. The number of ether oxygens (including phenoxy) is 1. The Morgan fingerprint density at radius 1 is 1.00 bits per heavy atom.